The van der Waals surface area contributed by atoms with Crippen LogP contribution in [0.2, 0.25) is 0 Å². The molecule has 1 aromatic heterocycles. The molecule has 0 unspecified atom stereocenters. The molecule has 0 atom stereocenters. The van der Waals surface area contributed by atoms with Gasteiger partial charge >= 0.3 is 0 Å². The summed E-state index contributed by atoms with van der Waals surface area (Å²) < 4.78 is 0. The molecule has 1 aromatic carbocycles. The van der Waals surface area contributed by atoms with Gasteiger partial charge in [-0.1, -0.05) is 53.7 Å². The first-order chi connectivity index (χ1) is 9.18. The zero-order valence-corrected chi connectivity index (χ0v) is 16.6. The molecule has 0 saturated carbocycles. The molecule has 1 radical (unpaired) electrons. The Morgan fingerprint density at radius 1 is 0.864 bits per heavy atom. The summed E-state index contributed by atoms with van der Waals surface area (Å²) in [6.07, 6.45) is 1.98. The van der Waals surface area contributed by atoms with Crippen molar-refractivity contribution in [3.8, 4) is 11.3 Å². The Morgan fingerprint density at radius 2 is 1.45 bits per heavy atom. The molecule has 2 aromatic rings. The van der Waals surface area contributed by atoms with Crippen LogP contribution in [0.15, 0.2) is 36.5 Å². The first-order valence-electron chi connectivity index (χ1n) is 7.17. The molecule has 0 saturated heterocycles. The summed E-state index contributed by atoms with van der Waals surface area (Å²) in [6.45, 7) is 13.3. The number of aromatic nitrogens is 1. The van der Waals surface area contributed by atoms with E-state index in [2.05, 4.69) is 76.9 Å². The third kappa shape index (κ3) is 5.01. The van der Waals surface area contributed by atoms with E-state index < -0.39 is 0 Å². The van der Waals surface area contributed by atoms with Crippen LogP contribution in [-0.2, 0) is 30.9 Å². The monoisotopic (exact) mass is 477 g/mol. The minimum absolute atomic E-state index is 0. The van der Waals surface area contributed by atoms with Crippen molar-refractivity contribution in [2.45, 2.75) is 52.4 Å². The number of nitrogens with zero attached hydrogens (tertiary/aromatic N) is 1. The number of hydrogen-bond acceptors (Lipinski definition) is 1. The van der Waals surface area contributed by atoms with Gasteiger partial charge < -0.3 is 10.5 Å². The molecule has 0 spiro atoms. The van der Waals surface area contributed by atoms with E-state index in [0.29, 0.717) is 0 Å². The Kier molecular flexibility index (Phi) is 7.15. The van der Waals surface area contributed by atoms with E-state index in [0.717, 1.165) is 11.3 Å². The second-order valence-electron chi connectivity index (χ2n) is 7.42. The Bertz CT molecular complexity index is 592. The van der Waals surface area contributed by atoms with Crippen LogP contribution in [0.1, 0.15) is 52.7 Å². The number of pyridine rings is 1. The van der Waals surface area contributed by atoms with Crippen LogP contribution in [-0.4, -0.2) is 10.5 Å². The van der Waals surface area contributed by atoms with Gasteiger partial charge in [0.25, 0.3) is 0 Å². The van der Waals surface area contributed by atoms with Gasteiger partial charge in [0.15, 0.2) is 0 Å². The number of benzene rings is 1. The second-order valence-corrected chi connectivity index (χ2v) is 7.42. The van der Waals surface area contributed by atoms with Gasteiger partial charge in [0.05, 0.1) is 0 Å². The standard InChI is InChI=1S/C19H24N.Ir.H2O/c1-18(2,3)15-9-7-8-14(12-15)17-11-10-16(13-20-17)19(4,5)6;;/h7,9-13H,1-6H3;;1H2/q-1;;. The van der Waals surface area contributed by atoms with E-state index in [1.165, 1.54) is 11.1 Å². The van der Waals surface area contributed by atoms with Crippen LogP contribution in [0.5, 0.6) is 0 Å². The van der Waals surface area contributed by atoms with Crippen molar-refractivity contribution >= 4 is 0 Å². The van der Waals surface area contributed by atoms with Gasteiger partial charge in [0.1, 0.15) is 0 Å². The Hall–Kier alpha value is -1.02. The molecular weight excluding hydrogens is 450 g/mol. The summed E-state index contributed by atoms with van der Waals surface area (Å²) >= 11 is 0. The Morgan fingerprint density at radius 3 is 1.91 bits per heavy atom. The Labute approximate surface area is 148 Å². The summed E-state index contributed by atoms with van der Waals surface area (Å²) in [6, 6.07) is 13.9. The van der Waals surface area contributed by atoms with Crippen LogP contribution in [0.25, 0.3) is 11.3 Å². The summed E-state index contributed by atoms with van der Waals surface area (Å²) in [7, 11) is 0. The minimum atomic E-state index is 0. The van der Waals surface area contributed by atoms with Gasteiger partial charge in [-0.15, -0.1) is 35.4 Å². The van der Waals surface area contributed by atoms with Gasteiger partial charge in [0.2, 0.25) is 0 Å². The van der Waals surface area contributed by atoms with Crippen molar-refractivity contribution in [1.29, 1.82) is 0 Å². The van der Waals surface area contributed by atoms with E-state index in [4.69, 9.17) is 0 Å². The van der Waals surface area contributed by atoms with Gasteiger partial charge in [0, 0.05) is 26.3 Å². The second kappa shape index (κ2) is 7.50. The fraction of sp³-hybridized carbons (Fsp3) is 0.421. The normalized spacial score (nSPS) is 11.4. The Balaban J connectivity index is 0.00000220. The van der Waals surface area contributed by atoms with Crippen molar-refractivity contribution in [2.24, 2.45) is 0 Å². The van der Waals surface area contributed by atoms with Crippen molar-refractivity contribution in [1.82, 2.24) is 4.98 Å². The van der Waals surface area contributed by atoms with Crippen molar-refractivity contribution in [2.75, 3.05) is 0 Å². The van der Waals surface area contributed by atoms with E-state index in [-0.39, 0.29) is 36.4 Å². The van der Waals surface area contributed by atoms with E-state index in [1.807, 2.05) is 12.3 Å². The fourth-order valence-corrected chi connectivity index (χ4v) is 2.08. The van der Waals surface area contributed by atoms with Gasteiger partial charge in [-0.05, 0) is 22.1 Å². The summed E-state index contributed by atoms with van der Waals surface area (Å²) in [5.41, 5.74) is 4.92. The SMILES string of the molecule is CC(C)(C)c1ccc(-c2[c-]ccc(C(C)(C)C)c2)nc1.O.[Ir]. The zero-order chi connectivity index (χ0) is 15.0. The van der Waals surface area contributed by atoms with Crippen LogP contribution in [0.4, 0.5) is 0 Å². The topological polar surface area (TPSA) is 44.4 Å². The predicted octanol–water partition coefficient (Wildman–Crippen LogP) is 4.32. The number of hydrogen-bond donors (Lipinski definition) is 0. The maximum Gasteiger partial charge on any atom is 0.0198 e. The molecule has 0 fully saturated rings. The molecule has 2 rings (SSSR count). The average Bonchev–Trinajstić information content (AvgIpc) is 2.37. The van der Waals surface area contributed by atoms with Crippen LogP contribution in [0.3, 0.4) is 0 Å². The van der Waals surface area contributed by atoms with Crippen LogP contribution >= 0.6 is 0 Å². The zero-order valence-electron chi connectivity index (χ0n) is 14.2. The fourth-order valence-electron chi connectivity index (χ4n) is 2.08. The molecule has 123 valence electrons. The first-order valence-corrected chi connectivity index (χ1v) is 7.17. The molecule has 0 amide bonds. The van der Waals surface area contributed by atoms with Gasteiger partial charge in [-0.2, -0.15) is 0 Å². The molecule has 0 aliphatic carbocycles. The molecule has 0 bridgehead atoms. The van der Waals surface area contributed by atoms with E-state index >= 15 is 0 Å². The van der Waals surface area contributed by atoms with Crippen molar-refractivity contribution in [3.63, 3.8) is 0 Å². The van der Waals surface area contributed by atoms with Gasteiger partial charge in [-0.3, -0.25) is 0 Å². The first kappa shape index (κ1) is 21.0. The smallest absolute Gasteiger partial charge is 0.0198 e. The third-order valence-corrected chi connectivity index (χ3v) is 3.57. The van der Waals surface area contributed by atoms with E-state index in [1.54, 1.807) is 0 Å². The molecule has 2 nitrogen and oxygen atoms in total. The van der Waals surface area contributed by atoms with E-state index in [9.17, 15) is 0 Å². The molecule has 0 aliphatic rings. The summed E-state index contributed by atoms with van der Waals surface area (Å²) in [5, 5.41) is 0. The molecule has 2 N–H and O–H groups in total. The largest absolute Gasteiger partial charge is 0.412 e. The van der Waals surface area contributed by atoms with Gasteiger partial charge in [-0.25, -0.2) is 0 Å². The number of rotatable bonds is 1. The molecular formula is C19H26IrNO-. The van der Waals surface area contributed by atoms with Crippen molar-refractivity contribution < 1.29 is 25.6 Å². The molecule has 3 heteroatoms. The van der Waals surface area contributed by atoms with Crippen LogP contribution < -0.4 is 0 Å². The average molecular weight is 477 g/mol. The maximum absolute atomic E-state index is 4.61. The van der Waals surface area contributed by atoms with Crippen molar-refractivity contribution in [3.05, 3.63) is 53.7 Å². The molecule has 22 heavy (non-hydrogen) atoms. The third-order valence-electron chi connectivity index (χ3n) is 3.57. The maximum atomic E-state index is 4.61. The van der Waals surface area contributed by atoms with Crippen LogP contribution in [0, 0.1) is 6.07 Å². The summed E-state index contributed by atoms with van der Waals surface area (Å²) in [4.78, 5) is 4.61. The predicted molar refractivity (Wildman–Crippen MR) is 89.5 cm³/mol. The molecule has 0 aliphatic heterocycles. The summed E-state index contributed by atoms with van der Waals surface area (Å²) in [5.74, 6) is 0. The quantitative estimate of drug-likeness (QED) is 0.566. The molecule has 1 heterocycles. The minimum Gasteiger partial charge on any atom is -0.412 e.